The molecule has 0 aliphatic heterocycles. The van der Waals surface area contributed by atoms with E-state index in [4.69, 9.17) is 0 Å². The van der Waals surface area contributed by atoms with Crippen LogP contribution in [0.1, 0.15) is 49.3 Å². The molecule has 0 spiro atoms. The SMILES string of the molecule is Cc1ccccc1C(C(=O)NC1CCCCC1)N(C(=O)Cn1cnc2ccccc21)c1cccc(F)c1.Cl. The van der Waals surface area contributed by atoms with Gasteiger partial charge in [0, 0.05) is 11.7 Å². The Bertz CT molecular complexity index is 1420. The zero-order chi connectivity index (χ0) is 25.8. The first-order valence-corrected chi connectivity index (χ1v) is 12.8. The Morgan fingerprint density at radius 2 is 1.76 bits per heavy atom. The second kappa shape index (κ2) is 12.2. The molecule has 1 atom stereocenters. The number of benzene rings is 3. The molecule has 8 heteroatoms. The molecule has 5 rings (SSSR count). The minimum Gasteiger partial charge on any atom is -0.351 e. The minimum atomic E-state index is -0.952. The van der Waals surface area contributed by atoms with Gasteiger partial charge in [-0.2, -0.15) is 0 Å². The van der Waals surface area contributed by atoms with Crippen LogP contribution in [0.25, 0.3) is 11.0 Å². The summed E-state index contributed by atoms with van der Waals surface area (Å²) in [5, 5.41) is 3.21. The molecule has 0 radical (unpaired) electrons. The smallest absolute Gasteiger partial charge is 0.248 e. The second-order valence-corrected chi connectivity index (χ2v) is 9.71. The summed E-state index contributed by atoms with van der Waals surface area (Å²) in [6.45, 7) is 1.88. The van der Waals surface area contributed by atoms with E-state index in [-0.39, 0.29) is 36.8 Å². The van der Waals surface area contributed by atoms with Crippen LogP contribution < -0.4 is 10.2 Å². The third kappa shape index (κ3) is 5.89. The highest BCUT2D eigenvalue weighted by atomic mass is 35.5. The zero-order valence-corrected chi connectivity index (χ0v) is 22.2. The number of amides is 2. The van der Waals surface area contributed by atoms with Crippen LogP contribution in [0.2, 0.25) is 0 Å². The molecule has 2 amide bonds. The Kier molecular flexibility index (Phi) is 8.79. The number of nitrogens with zero attached hydrogens (tertiary/aromatic N) is 3. The van der Waals surface area contributed by atoms with Crippen molar-refractivity contribution in [3.8, 4) is 0 Å². The summed E-state index contributed by atoms with van der Waals surface area (Å²) in [6, 6.07) is 20.1. The van der Waals surface area contributed by atoms with Crippen molar-refractivity contribution >= 4 is 40.9 Å². The van der Waals surface area contributed by atoms with Crippen molar-refractivity contribution in [3.05, 3.63) is 96.1 Å². The minimum absolute atomic E-state index is 0. The van der Waals surface area contributed by atoms with Gasteiger partial charge in [0.2, 0.25) is 11.8 Å². The third-order valence-electron chi connectivity index (χ3n) is 7.13. The van der Waals surface area contributed by atoms with E-state index in [2.05, 4.69) is 10.3 Å². The maximum absolute atomic E-state index is 14.4. The summed E-state index contributed by atoms with van der Waals surface area (Å²) < 4.78 is 16.2. The van der Waals surface area contributed by atoms with Gasteiger partial charge < -0.3 is 9.88 Å². The maximum Gasteiger partial charge on any atom is 0.248 e. The fourth-order valence-corrected chi connectivity index (χ4v) is 5.24. The highest BCUT2D eigenvalue weighted by molar-refractivity contribution is 6.01. The number of carbonyl (C=O) groups excluding carboxylic acids is 2. The number of carbonyl (C=O) groups is 2. The molecular formula is C30H32ClFN4O2. The molecule has 38 heavy (non-hydrogen) atoms. The molecule has 1 unspecified atom stereocenters. The van der Waals surface area contributed by atoms with Crippen LogP contribution in [0, 0.1) is 12.7 Å². The highest BCUT2D eigenvalue weighted by Crippen LogP contribution is 2.32. The predicted octanol–water partition coefficient (Wildman–Crippen LogP) is 6.13. The van der Waals surface area contributed by atoms with Gasteiger partial charge in [0.1, 0.15) is 18.4 Å². The van der Waals surface area contributed by atoms with E-state index < -0.39 is 11.9 Å². The van der Waals surface area contributed by atoms with Crippen molar-refractivity contribution in [1.82, 2.24) is 14.9 Å². The van der Waals surface area contributed by atoms with Crippen molar-refractivity contribution < 1.29 is 14.0 Å². The van der Waals surface area contributed by atoms with Gasteiger partial charge in [0.05, 0.1) is 17.4 Å². The molecule has 1 aromatic heterocycles. The first kappa shape index (κ1) is 27.3. The van der Waals surface area contributed by atoms with E-state index in [1.165, 1.54) is 23.5 Å². The summed E-state index contributed by atoms with van der Waals surface area (Å²) in [5.74, 6) is -1.06. The van der Waals surface area contributed by atoms with Crippen molar-refractivity contribution in [1.29, 1.82) is 0 Å². The summed E-state index contributed by atoms with van der Waals surface area (Å²) in [6.07, 6.45) is 6.76. The summed E-state index contributed by atoms with van der Waals surface area (Å²) >= 11 is 0. The number of nitrogens with one attached hydrogen (secondary N) is 1. The predicted molar refractivity (Wildman–Crippen MR) is 150 cm³/mol. The molecule has 1 saturated carbocycles. The fourth-order valence-electron chi connectivity index (χ4n) is 5.24. The molecule has 6 nitrogen and oxygen atoms in total. The molecule has 1 aliphatic carbocycles. The number of aromatic nitrogens is 2. The molecule has 0 saturated heterocycles. The number of aryl methyl sites for hydroxylation is 1. The fraction of sp³-hybridized carbons (Fsp3) is 0.300. The van der Waals surface area contributed by atoms with Gasteiger partial charge in [-0.05, 0) is 61.2 Å². The van der Waals surface area contributed by atoms with Crippen LogP contribution in [-0.4, -0.2) is 27.4 Å². The molecule has 198 valence electrons. The lowest BCUT2D eigenvalue weighted by atomic mass is 9.93. The summed E-state index contributed by atoms with van der Waals surface area (Å²) in [4.78, 5) is 33.9. The van der Waals surface area contributed by atoms with Crippen molar-refractivity contribution in [2.75, 3.05) is 4.90 Å². The van der Waals surface area contributed by atoms with E-state index in [1.54, 1.807) is 23.0 Å². The molecule has 3 aromatic carbocycles. The number of fused-ring (bicyclic) bond motifs is 1. The maximum atomic E-state index is 14.4. The molecule has 1 aliphatic rings. The Balaban J connectivity index is 0.00000336. The second-order valence-electron chi connectivity index (χ2n) is 9.71. The lowest BCUT2D eigenvalue weighted by Gasteiger charge is -2.34. The van der Waals surface area contributed by atoms with E-state index in [1.807, 2.05) is 55.5 Å². The first-order valence-electron chi connectivity index (χ1n) is 12.8. The van der Waals surface area contributed by atoms with Crippen molar-refractivity contribution in [2.24, 2.45) is 0 Å². The van der Waals surface area contributed by atoms with Gasteiger partial charge in [0.25, 0.3) is 0 Å². The van der Waals surface area contributed by atoms with Gasteiger partial charge in [-0.15, -0.1) is 12.4 Å². The Labute approximate surface area is 228 Å². The molecule has 1 N–H and O–H groups in total. The van der Waals surface area contributed by atoms with Crippen LogP contribution in [0.15, 0.2) is 79.1 Å². The van der Waals surface area contributed by atoms with E-state index >= 15 is 0 Å². The topological polar surface area (TPSA) is 67.2 Å². The summed E-state index contributed by atoms with van der Waals surface area (Å²) in [5.41, 5.74) is 3.52. The molecule has 4 aromatic rings. The molecule has 0 bridgehead atoms. The van der Waals surface area contributed by atoms with Gasteiger partial charge >= 0.3 is 0 Å². The first-order chi connectivity index (χ1) is 18.0. The average Bonchev–Trinajstić information content (AvgIpc) is 3.31. The lowest BCUT2D eigenvalue weighted by Crippen LogP contribution is -2.48. The largest absolute Gasteiger partial charge is 0.351 e. The number of para-hydroxylation sites is 2. The Hall–Kier alpha value is -3.71. The highest BCUT2D eigenvalue weighted by Gasteiger charge is 2.35. The van der Waals surface area contributed by atoms with Crippen molar-refractivity contribution in [3.63, 3.8) is 0 Å². The van der Waals surface area contributed by atoms with Crippen LogP contribution in [0.4, 0.5) is 10.1 Å². The van der Waals surface area contributed by atoms with Crippen molar-refractivity contribution in [2.45, 2.75) is 57.7 Å². The number of anilines is 1. The number of hydrogen-bond donors (Lipinski definition) is 1. The Morgan fingerprint density at radius 3 is 2.53 bits per heavy atom. The lowest BCUT2D eigenvalue weighted by molar-refractivity contribution is -0.127. The van der Waals surface area contributed by atoms with Crippen LogP contribution in [0.5, 0.6) is 0 Å². The number of rotatable bonds is 7. The third-order valence-corrected chi connectivity index (χ3v) is 7.13. The molecular weight excluding hydrogens is 503 g/mol. The number of halogens is 2. The quantitative estimate of drug-likeness (QED) is 0.310. The Morgan fingerprint density at radius 1 is 1.03 bits per heavy atom. The molecule has 1 fully saturated rings. The number of hydrogen-bond acceptors (Lipinski definition) is 3. The standard InChI is InChI=1S/C30H31FN4O2.ClH/c1-21-10-5-6-15-25(21)29(30(37)33-23-12-3-2-4-13-23)35(24-14-9-11-22(31)18-24)28(36)19-34-20-32-26-16-7-8-17-27(26)34;/h5-11,14-18,20,23,29H,2-4,12-13,19H2,1H3,(H,33,37);1H. The van der Waals surface area contributed by atoms with Crippen LogP contribution in [0.3, 0.4) is 0 Å². The van der Waals surface area contributed by atoms with Crippen LogP contribution in [-0.2, 0) is 16.1 Å². The normalized spacial score (nSPS) is 14.5. The zero-order valence-electron chi connectivity index (χ0n) is 21.3. The van der Waals surface area contributed by atoms with Gasteiger partial charge in [-0.1, -0.05) is 61.7 Å². The van der Waals surface area contributed by atoms with Gasteiger partial charge in [0.15, 0.2) is 0 Å². The van der Waals surface area contributed by atoms with Gasteiger partial charge in [-0.25, -0.2) is 9.37 Å². The number of imidazole rings is 1. The van der Waals surface area contributed by atoms with E-state index in [0.29, 0.717) is 11.3 Å². The average molecular weight is 535 g/mol. The van der Waals surface area contributed by atoms with Gasteiger partial charge in [-0.3, -0.25) is 14.5 Å². The van der Waals surface area contributed by atoms with E-state index in [9.17, 15) is 14.0 Å². The van der Waals surface area contributed by atoms with Crippen LogP contribution >= 0.6 is 12.4 Å². The molecule has 1 heterocycles. The van der Waals surface area contributed by atoms with E-state index in [0.717, 1.165) is 42.3 Å². The summed E-state index contributed by atoms with van der Waals surface area (Å²) in [7, 11) is 0. The monoisotopic (exact) mass is 534 g/mol.